The van der Waals surface area contributed by atoms with Gasteiger partial charge in [0.05, 0.1) is 0 Å². The molecule has 1 aromatic rings. The summed E-state index contributed by atoms with van der Waals surface area (Å²) in [6, 6.07) is 3.97. The number of aromatic nitrogens is 1. The molecule has 4 nitrogen and oxygen atoms in total. The zero-order valence-electron chi connectivity index (χ0n) is 11.4. The highest BCUT2D eigenvalue weighted by Crippen LogP contribution is 2.00. The minimum absolute atomic E-state index is 0.202. The van der Waals surface area contributed by atoms with Crippen molar-refractivity contribution >= 4 is 5.91 Å². The zero-order valence-corrected chi connectivity index (χ0v) is 11.4. The lowest BCUT2D eigenvalue weighted by molar-refractivity contribution is -0.129. The quantitative estimate of drug-likeness (QED) is 0.710. The number of amides is 1. The molecule has 1 N–H and O–H groups in total. The van der Waals surface area contributed by atoms with Crippen molar-refractivity contribution in [3.05, 3.63) is 30.1 Å². The molecule has 1 rings (SSSR count). The van der Waals surface area contributed by atoms with Crippen molar-refractivity contribution in [2.75, 3.05) is 26.7 Å². The summed E-state index contributed by atoms with van der Waals surface area (Å²) in [5.74, 6) is 0.202. The van der Waals surface area contributed by atoms with Crippen molar-refractivity contribution in [3.63, 3.8) is 0 Å². The lowest BCUT2D eigenvalue weighted by Gasteiger charge is -2.17. The highest BCUT2D eigenvalue weighted by atomic mass is 16.2. The Morgan fingerprint density at radius 3 is 2.72 bits per heavy atom. The summed E-state index contributed by atoms with van der Waals surface area (Å²) < 4.78 is 0. The molecule has 0 radical (unpaired) electrons. The van der Waals surface area contributed by atoms with Crippen molar-refractivity contribution in [1.29, 1.82) is 0 Å². The summed E-state index contributed by atoms with van der Waals surface area (Å²) in [7, 11) is 1.86. The van der Waals surface area contributed by atoms with Crippen LogP contribution in [0.2, 0.25) is 0 Å². The Hall–Kier alpha value is -1.42. The molecule has 0 saturated carbocycles. The molecule has 0 aliphatic rings. The SMILES string of the molecule is CCCNCCC(=O)N(C)CCc1ccncc1. The molecule has 0 aromatic carbocycles. The maximum atomic E-state index is 11.8. The minimum Gasteiger partial charge on any atom is -0.345 e. The van der Waals surface area contributed by atoms with E-state index in [4.69, 9.17) is 0 Å². The van der Waals surface area contributed by atoms with Gasteiger partial charge < -0.3 is 10.2 Å². The van der Waals surface area contributed by atoms with Crippen LogP contribution in [0, 0.1) is 0 Å². The number of nitrogens with one attached hydrogen (secondary N) is 1. The van der Waals surface area contributed by atoms with Gasteiger partial charge >= 0.3 is 0 Å². The third-order valence-electron chi connectivity index (χ3n) is 2.85. The second-order valence-electron chi connectivity index (χ2n) is 4.42. The lowest BCUT2D eigenvalue weighted by Crippen LogP contribution is -2.31. The van der Waals surface area contributed by atoms with Crippen LogP contribution >= 0.6 is 0 Å². The molecule has 18 heavy (non-hydrogen) atoms. The number of carbonyl (C=O) groups excluding carboxylic acids is 1. The van der Waals surface area contributed by atoms with E-state index in [9.17, 15) is 4.79 Å². The fourth-order valence-electron chi connectivity index (χ4n) is 1.66. The van der Waals surface area contributed by atoms with E-state index in [1.165, 1.54) is 5.56 Å². The Morgan fingerprint density at radius 1 is 1.33 bits per heavy atom. The third kappa shape index (κ3) is 5.77. The van der Waals surface area contributed by atoms with E-state index in [2.05, 4.69) is 17.2 Å². The first-order valence-corrected chi connectivity index (χ1v) is 6.57. The van der Waals surface area contributed by atoms with Gasteiger partial charge in [-0.2, -0.15) is 0 Å². The van der Waals surface area contributed by atoms with E-state index >= 15 is 0 Å². The fourth-order valence-corrected chi connectivity index (χ4v) is 1.66. The summed E-state index contributed by atoms with van der Waals surface area (Å²) in [6.07, 6.45) is 6.13. The average Bonchev–Trinajstić information content (AvgIpc) is 2.42. The van der Waals surface area contributed by atoms with Gasteiger partial charge in [0.25, 0.3) is 0 Å². The maximum absolute atomic E-state index is 11.8. The van der Waals surface area contributed by atoms with Gasteiger partial charge in [-0.25, -0.2) is 0 Å². The minimum atomic E-state index is 0.202. The van der Waals surface area contributed by atoms with E-state index in [-0.39, 0.29) is 5.91 Å². The molecule has 0 unspecified atom stereocenters. The molecule has 4 heteroatoms. The van der Waals surface area contributed by atoms with Crippen LogP contribution in [0.1, 0.15) is 25.3 Å². The number of rotatable bonds is 8. The number of likely N-dealkylation sites (N-methyl/N-ethyl adjacent to an activating group) is 1. The number of pyridine rings is 1. The summed E-state index contributed by atoms with van der Waals surface area (Å²) in [5.41, 5.74) is 1.22. The van der Waals surface area contributed by atoms with Gasteiger partial charge in [0.15, 0.2) is 0 Å². The Morgan fingerprint density at radius 2 is 2.06 bits per heavy atom. The van der Waals surface area contributed by atoms with E-state index in [0.29, 0.717) is 6.42 Å². The monoisotopic (exact) mass is 249 g/mol. The smallest absolute Gasteiger partial charge is 0.223 e. The average molecular weight is 249 g/mol. The summed E-state index contributed by atoms with van der Waals surface area (Å²) in [4.78, 5) is 17.6. The molecule has 0 fully saturated rings. The van der Waals surface area contributed by atoms with Crippen LogP contribution < -0.4 is 5.32 Å². The molecule has 0 bridgehead atoms. The number of carbonyl (C=O) groups is 1. The van der Waals surface area contributed by atoms with Gasteiger partial charge in [-0.3, -0.25) is 9.78 Å². The number of hydrogen-bond acceptors (Lipinski definition) is 3. The Labute approximate surface area is 109 Å². The molecular weight excluding hydrogens is 226 g/mol. The largest absolute Gasteiger partial charge is 0.345 e. The van der Waals surface area contributed by atoms with Gasteiger partial charge in [0.1, 0.15) is 0 Å². The summed E-state index contributed by atoms with van der Waals surface area (Å²) in [6.45, 7) is 4.63. The highest BCUT2D eigenvalue weighted by molar-refractivity contribution is 5.76. The van der Waals surface area contributed by atoms with Crippen LogP contribution in [0.15, 0.2) is 24.5 Å². The van der Waals surface area contributed by atoms with E-state index in [1.807, 2.05) is 19.2 Å². The number of hydrogen-bond donors (Lipinski definition) is 1. The van der Waals surface area contributed by atoms with Crippen molar-refractivity contribution in [2.24, 2.45) is 0 Å². The molecule has 100 valence electrons. The lowest BCUT2D eigenvalue weighted by atomic mass is 10.2. The van der Waals surface area contributed by atoms with E-state index in [1.54, 1.807) is 17.3 Å². The molecule has 1 amide bonds. The fraction of sp³-hybridized carbons (Fsp3) is 0.571. The van der Waals surface area contributed by atoms with Gasteiger partial charge in [0, 0.05) is 39.0 Å². The van der Waals surface area contributed by atoms with Gasteiger partial charge in [-0.05, 0) is 37.1 Å². The molecular formula is C14H23N3O. The van der Waals surface area contributed by atoms with Crippen LogP contribution in [0.4, 0.5) is 0 Å². The van der Waals surface area contributed by atoms with Gasteiger partial charge in [-0.15, -0.1) is 0 Å². The van der Waals surface area contributed by atoms with Crippen LogP contribution in [0.5, 0.6) is 0 Å². The van der Waals surface area contributed by atoms with Crippen LogP contribution in [0.3, 0.4) is 0 Å². The molecule has 0 spiro atoms. The summed E-state index contributed by atoms with van der Waals surface area (Å²) >= 11 is 0. The van der Waals surface area contributed by atoms with Crippen molar-refractivity contribution in [3.8, 4) is 0 Å². The zero-order chi connectivity index (χ0) is 13.2. The third-order valence-corrected chi connectivity index (χ3v) is 2.85. The Kier molecular flexibility index (Phi) is 7.03. The predicted molar refractivity (Wildman–Crippen MR) is 73.4 cm³/mol. The molecule has 1 aromatic heterocycles. The molecule has 0 aliphatic heterocycles. The second-order valence-corrected chi connectivity index (χ2v) is 4.42. The topological polar surface area (TPSA) is 45.2 Å². The molecule has 0 aliphatic carbocycles. The van der Waals surface area contributed by atoms with Crippen molar-refractivity contribution in [2.45, 2.75) is 26.2 Å². The first kappa shape index (κ1) is 14.6. The standard InChI is InChI=1S/C14H23N3O/c1-3-8-15-11-6-14(18)17(2)12-7-13-4-9-16-10-5-13/h4-5,9-10,15H,3,6-8,11-12H2,1-2H3. The normalized spacial score (nSPS) is 10.3. The van der Waals surface area contributed by atoms with Crippen molar-refractivity contribution in [1.82, 2.24) is 15.2 Å². The summed E-state index contributed by atoms with van der Waals surface area (Å²) in [5, 5.41) is 3.24. The van der Waals surface area contributed by atoms with Crippen LogP contribution in [0.25, 0.3) is 0 Å². The predicted octanol–water partition coefficient (Wildman–Crippen LogP) is 1.47. The Balaban J connectivity index is 2.19. The number of nitrogens with zero attached hydrogens (tertiary/aromatic N) is 2. The Bertz CT molecular complexity index is 340. The van der Waals surface area contributed by atoms with E-state index in [0.717, 1.165) is 32.5 Å². The second kappa shape index (κ2) is 8.64. The van der Waals surface area contributed by atoms with Crippen LogP contribution in [-0.4, -0.2) is 42.5 Å². The van der Waals surface area contributed by atoms with Crippen LogP contribution in [-0.2, 0) is 11.2 Å². The molecule has 0 atom stereocenters. The van der Waals surface area contributed by atoms with Gasteiger partial charge in [-0.1, -0.05) is 6.92 Å². The first-order chi connectivity index (χ1) is 8.74. The van der Waals surface area contributed by atoms with E-state index < -0.39 is 0 Å². The molecule has 1 heterocycles. The maximum Gasteiger partial charge on any atom is 0.223 e. The van der Waals surface area contributed by atoms with Crippen molar-refractivity contribution < 1.29 is 4.79 Å². The molecule has 0 saturated heterocycles. The first-order valence-electron chi connectivity index (χ1n) is 6.57. The van der Waals surface area contributed by atoms with Gasteiger partial charge in [0.2, 0.25) is 5.91 Å². The highest BCUT2D eigenvalue weighted by Gasteiger charge is 2.07.